The van der Waals surface area contributed by atoms with Crippen molar-refractivity contribution >= 4 is 21.6 Å². The van der Waals surface area contributed by atoms with Crippen LogP contribution in [0.2, 0.25) is 0 Å². The first-order valence-electron chi connectivity index (χ1n) is 10.7. The zero-order chi connectivity index (χ0) is 24.3. The number of nitrogens with one attached hydrogen (secondary N) is 1. The number of aromatic nitrogens is 2. The summed E-state index contributed by atoms with van der Waals surface area (Å²) in [6, 6.07) is 13.4. The van der Waals surface area contributed by atoms with Gasteiger partial charge in [0.2, 0.25) is 15.9 Å². The van der Waals surface area contributed by atoms with Crippen molar-refractivity contribution in [2.75, 3.05) is 18.4 Å². The Labute approximate surface area is 195 Å². The molecule has 0 spiro atoms. The van der Waals surface area contributed by atoms with Gasteiger partial charge in [0, 0.05) is 25.2 Å². The van der Waals surface area contributed by atoms with Gasteiger partial charge >= 0.3 is 6.18 Å². The second kappa shape index (κ2) is 9.59. The minimum Gasteiger partial charge on any atom is -0.323 e. The van der Waals surface area contributed by atoms with E-state index in [1.165, 1.54) is 0 Å². The van der Waals surface area contributed by atoms with Gasteiger partial charge in [0.15, 0.2) is 0 Å². The van der Waals surface area contributed by atoms with Gasteiger partial charge in [-0.2, -0.15) is 22.6 Å². The highest BCUT2D eigenvalue weighted by atomic mass is 32.2. The van der Waals surface area contributed by atoms with Crippen molar-refractivity contribution < 1.29 is 26.4 Å². The smallest absolute Gasteiger partial charge is 0.323 e. The van der Waals surface area contributed by atoms with Gasteiger partial charge in [0.25, 0.3) is 0 Å². The average Bonchev–Trinajstić information content (AvgIpc) is 3.26. The zero-order valence-electron chi connectivity index (χ0n) is 18.1. The molecular weight excluding hydrogens is 469 g/mol. The maximum absolute atomic E-state index is 13.0. The lowest BCUT2D eigenvalue weighted by molar-refractivity contribution is -0.137. The topological polar surface area (TPSA) is 84.3 Å². The monoisotopic (exact) mass is 492 g/mol. The van der Waals surface area contributed by atoms with E-state index in [1.807, 2.05) is 30.3 Å². The Morgan fingerprint density at radius 2 is 1.76 bits per heavy atom. The standard InChI is InChI=1S/C23H23F3N4O3S/c24-23(25,26)19-7-4-8-21(13-19)34(32,33)30-11-9-18(10-12-30)22(31)28-20-14-27-29(16-20)15-17-5-2-1-3-6-17/h1-8,13-14,16,18H,9-12,15H2,(H,28,31). The van der Waals surface area contributed by atoms with Gasteiger partial charge in [-0.05, 0) is 36.6 Å². The van der Waals surface area contributed by atoms with E-state index in [9.17, 15) is 26.4 Å². The molecule has 2 heterocycles. The molecule has 7 nitrogen and oxygen atoms in total. The fourth-order valence-corrected chi connectivity index (χ4v) is 5.39. The van der Waals surface area contributed by atoms with Gasteiger partial charge < -0.3 is 5.32 Å². The highest BCUT2D eigenvalue weighted by molar-refractivity contribution is 7.89. The molecule has 0 atom stereocenters. The molecule has 0 unspecified atom stereocenters. The molecule has 0 bridgehead atoms. The highest BCUT2D eigenvalue weighted by Gasteiger charge is 2.35. The minimum atomic E-state index is -4.63. The zero-order valence-corrected chi connectivity index (χ0v) is 18.9. The maximum atomic E-state index is 13.0. The van der Waals surface area contributed by atoms with Crippen molar-refractivity contribution in [1.82, 2.24) is 14.1 Å². The Hall–Kier alpha value is -3.18. The molecule has 1 saturated heterocycles. The molecule has 0 radical (unpaired) electrons. The molecule has 0 aliphatic carbocycles. The SMILES string of the molecule is O=C(Nc1cnn(Cc2ccccc2)c1)C1CCN(S(=O)(=O)c2cccc(C(F)(F)F)c2)CC1. The van der Waals surface area contributed by atoms with E-state index in [2.05, 4.69) is 10.4 Å². The third-order valence-corrected chi connectivity index (χ3v) is 7.61. The molecular formula is C23H23F3N4O3S. The quantitative estimate of drug-likeness (QED) is 0.564. The molecule has 0 saturated carbocycles. The van der Waals surface area contributed by atoms with Gasteiger partial charge in [0.1, 0.15) is 0 Å². The van der Waals surface area contributed by atoms with Gasteiger partial charge in [-0.25, -0.2) is 8.42 Å². The molecule has 1 fully saturated rings. The number of carbonyl (C=O) groups excluding carboxylic acids is 1. The molecule has 3 aromatic rings. The van der Waals surface area contributed by atoms with E-state index in [0.29, 0.717) is 18.3 Å². The lowest BCUT2D eigenvalue weighted by Gasteiger charge is -2.30. The lowest BCUT2D eigenvalue weighted by atomic mass is 9.97. The predicted molar refractivity (Wildman–Crippen MR) is 119 cm³/mol. The Kier molecular flexibility index (Phi) is 6.76. The van der Waals surface area contributed by atoms with Crippen molar-refractivity contribution in [3.8, 4) is 0 Å². The van der Waals surface area contributed by atoms with E-state index >= 15 is 0 Å². The Balaban J connectivity index is 1.34. The first-order valence-corrected chi connectivity index (χ1v) is 12.1. The molecule has 1 aliphatic rings. The summed E-state index contributed by atoms with van der Waals surface area (Å²) in [6.07, 6.45) is -0.831. The third kappa shape index (κ3) is 5.48. The van der Waals surface area contributed by atoms with Crippen LogP contribution in [0.3, 0.4) is 0 Å². The number of hydrogen-bond acceptors (Lipinski definition) is 4. The molecule has 4 rings (SSSR count). The minimum absolute atomic E-state index is 0.0456. The normalized spacial score (nSPS) is 15.9. The van der Waals surface area contributed by atoms with Crippen LogP contribution in [0, 0.1) is 5.92 Å². The summed E-state index contributed by atoms with van der Waals surface area (Å²) in [5, 5.41) is 7.06. The number of hydrogen-bond donors (Lipinski definition) is 1. The van der Waals surface area contributed by atoms with Crippen LogP contribution in [0.25, 0.3) is 0 Å². The summed E-state index contributed by atoms with van der Waals surface area (Å²) in [7, 11) is -4.09. The van der Waals surface area contributed by atoms with Crippen LogP contribution in [-0.4, -0.2) is 41.5 Å². The van der Waals surface area contributed by atoms with Crippen LogP contribution in [0.4, 0.5) is 18.9 Å². The van der Waals surface area contributed by atoms with Crippen molar-refractivity contribution in [1.29, 1.82) is 0 Å². The first-order chi connectivity index (χ1) is 16.1. The fraction of sp³-hybridized carbons (Fsp3) is 0.304. The molecule has 180 valence electrons. The van der Waals surface area contributed by atoms with Gasteiger partial charge in [0.05, 0.1) is 28.9 Å². The number of carbonyl (C=O) groups is 1. The maximum Gasteiger partial charge on any atom is 0.416 e. The van der Waals surface area contributed by atoms with Crippen molar-refractivity contribution in [3.63, 3.8) is 0 Å². The van der Waals surface area contributed by atoms with E-state index < -0.39 is 32.6 Å². The largest absolute Gasteiger partial charge is 0.416 e. The number of benzene rings is 2. The molecule has 1 aromatic heterocycles. The number of anilines is 1. The summed E-state index contributed by atoms with van der Waals surface area (Å²) in [5.74, 6) is -0.652. The van der Waals surface area contributed by atoms with Crippen LogP contribution in [0.5, 0.6) is 0 Å². The van der Waals surface area contributed by atoms with E-state index in [4.69, 9.17) is 0 Å². The van der Waals surface area contributed by atoms with Crippen molar-refractivity contribution in [3.05, 3.63) is 78.1 Å². The number of nitrogens with zero attached hydrogens (tertiary/aromatic N) is 3. The number of alkyl halides is 3. The summed E-state index contributed by atoms with van der Waals surface area (Å²) < 4.78 is 67.4. The summed E-state index contributed by atoms with van der Waals surface area (Å²) in [6.45, 7) is 0.649. The fourth-order valence-electron chi connectivity index (χ4n) is 3.87. The summed E-state index contributed by atoms with van der Waals surface area (Å²) >= 11 is 0. The molecule has 34 heavy (non-hydrogen) atoms. The van der Waals surface area contributed by atoms with Crippen LogP contribution in [0.15, 0.2) is 71.9 Å². The molecule has 1 aliphatic heterocycles. The second-order valence-electron chi connectivity index (χ2n) is 8.11. The highest BCUT2D eigenvalue weighted by Crippen LogP contribution is 2.32. The van der Waals surface area contributed by atoms with Crippen LogP contribution < -0.4 is 5.32 Å². The summed E-state index contributed by atoms with van der Waals surface area (Å²) in [5.41, 5.74) is 0.591. The van der Waals surface area contributed by atoms with E-state index in [0.717, 1.165) is 28.1 Å². The predicted octanol–water partition coefficient (Wildman–Crippen LogP) is 3.99. The second-order valence-corrected chi connectivity index (χ2v) is 10.0. The van der Waals surface area contributed by atoms with Gasteiger partial charge in [-0.1, -0.05) is 36.4 Å². The molecule has 2 aromatic carbocycles. The molecule has 1 N–H and O–H groups in total. The first kappa shape index (κ1) is 24.0. The van der Waals surface area contributed by atoms with Crippen molar-refractivity contribution in [2.45, 2.75) is 30.5 Å². The number of piperidine rings is 1. The van der Waals surface area contributed by atoms with Crippen molar-refractivity contribution in [2.24, 2.45) is 5.92 Å². The van der Waals surface area contributed by atoms with Gasteiger partial charge in [-0.15, -0.1) is 0 Å². The van der Waals surface area contributed by atoms with E-state index in [1.54, 1.807) is 17.1 Å². The number of sulfonamides is 1. The van der Waals surface area contributed by atoms with Crippen LogP contribution in [-0.2, 0) is 27.5 Å². The number of rotatable bonds is 6. The van der Waals surface area contributed by atoms with Crippen LogP contribution >= 0.6 is 0 Å². The molecule has 11 heteroatoms. The third-order valence-electron chi connectivity index (χ3n) is 5.71. The van der Waals surface area contributed by atoms with Crippen LogP contribution in [0.1, 0.15) is 24.0 Å². The molecule has 1 amide bonds. The number of halogens is 3. The van der Waals surface area contributed by atoms with Gasteiger partial charge in [-0.3, -0.25) is 9.48 Å². The number of amides is 1. The lowest BCUT2D eigenvalue weighted by Crippen LogP contribution is -2.41. The Morgan fingerprint density at radius 3 is 2.44 bits per heavy atom. The Morgan fingerprint density at radius 1 is 1.06 bits per heavy atom. The summed E-state index contributed by atoms with van der Waals surface area (Å²) in [4.78, 5) is 12.3. The van der Waals surface area contributed by atoms with E-state index in [-0.39, 0.29) is 31.8 Å². The Bertz CT molecular complexity index is 1250. The average molecular weight is 493 g/mol.